The fourth-order valence-corrected chi connectivity index (χ4v) is 10.1. The number of rotatable bonds is 3. The Kier molecular flexibility index (Phi) is 4.71. The van der Waals surface area contributed by atoms with E-state index >= 15 is 0 Å². The molecule has 0 saturated carbocycles. The summed E-state index contributed by atoms with van der Waals surface area (Å²) in [6.07, 6.45) is 0. The molecule has 0 spiro atoms. The molecule has 3 rings (SSSR count). The molecule has 0 N–H and O–H groups in total. The predicted octanol–water partition coefficient (Wildman–Crippen LogP) is 3.56. The van der Waals surface area contributed by atoms with Crippen molar-refractivity contribution in [2.75, 3.05) is 19.0 Å². The van der Waals surface area contributed by atoms with Crippen LogP contribution in [0, 0.1) is 6.92 Å². The number of nitrogens with zero attached hydrogens (tertiary/aromatic N) is 1. The molecule has 3 aromatic carbocycles. The first kappa shape index (κ1) is 15.8. The Morgan fingerprint density at radius 3 is 2.14 bits per heavy atom. The van der Waals surface area contributed by atoms with E-state index in [0.717, 1.165) is 0 Å². The summed E-state index contributed by atoms with van der Waals surface area (Å²) in [5.41, 5.74) is 2.53. The van der Waals surface area contributed by atoms with Crippen molar-refractivity contribution in [1.82, 2.24) is 0 Å². The molecule has 0 aliphatic heterocycles. The van der Waals surface area contributed by atoms with Crippen LogP contribution in [0.4, 0.5) is 5.69 Å². The quantitative estimate of drug-likeness (QED) is 0.492. The summed E-state index contributed by atoms with van der Waals surface area (Å²) in [5.74, 6) is 0. The van der Waals surface area contributed by atoms with Crippen LogP contribution >= 0.6 is 8.51 Å². The van der Waals surface area contributed by atoms with Crippen LogP contribution in [0.15, 0.2) is 60.7 Å². The standard InChI is InChI=1S/C12H12N.C7H7.Bi.ClH/c1-13(2)12-9-5-7-10-6-3-4-8-11(10)12;1-7-5-3-2-4-6-7;;/h3-7,9H,1-2H3;3-6H,1H3;;1H/q;;+1;/p-1. The van der Waals surface area contributed by atoms with Gasteiger partial charge in [-0.1, -0.05) is 0 Å². The molecule has 0 unspecified atom stereocenters. The van der Waals surface area contributed by atoms with Crippen molar-refractivity contribution in [3.8, 4) is 0 Å². The monoisotopic (exact) mass is 505 g/mol. The zero-order valence-corrected chi connectivity index (χ0v) is 17.3. The van der Waals surface area contributed by atoms with Gasteiger partial charge in [0.2, 0.25) is 0 Å². The van der Waals surface area contributed by atoms with Gasteiger partial charge in [0.1, 0.15) is 0 Å². The summed E-state index contributed by atoms with van der Waals surface area (Å²) in [7, 11) is 11.2. The summed E-state index contributed by atoms with van der Waals surface area (Å²) in [4.78, 5) is 2.18. The van der Waals surface area contributed by atoms with Gasteiger partial charge in [0.15, 0.2) is 0 Å². The maximum absolute atomic E-state index is 7.02. The molecule has 1 nitrogen and oxygen atoms in total. The minimum absolute atomic E-state index is 1.25. The molecule has 0 amide bonds. The van der Waals surface area contributed by atoms with Gasteiger partial charge >= 0.3 is 144 Å². The second-order valence-corrected chi connectivity index (χ2v) is 14.7. The van der Waals surface area contributed by atoms with Gasteiger partial charge in [0, 0.05) is 0 Å². The summed E-state index contributed by atoms with van der Waals surface area (Å²) in [6.45, 7) is 2.11. The molecular formula is C19H19BiClN. The van der Waals surface area contributed by atoms with Gasteiger partial charge in [0.25, 0.3) is 0 Å². The van der Waals surface area contributed by atoms with E-state index in [1.165, 1.54) is 28.6 Å². The van der Waals surface area contributed by atoms with E-state index in [9.17, 15) is 0 Å². The molecule has 0 heterocycles. The Balaban J connectivity index is 2.19. The van der Waals surface area contributed by atoms with E-state index in [4.69, 9.17) is 8.51 Å². The third kappa shape index (κ3) is 3.00. The number of halogens is 1. The van der Waals surface area contributed by atoms with Crippen molar-refractivity contribution < 1.29 is 0 Å². The van der Waals surface area contributed by atoms with E-state index in [1.807, 2.05) is 0 Å². The Hall–Kier alpha value is -1.11. The van der Waals surface area contributed by atoms with Crippen LogP contribution in [-0.2, 0) is 0 Å². The molecular weight excluding hydrogens is 487 g/mol. The average molecular weight is 506 g/mol. The first-order valence-electron chi connectivity index (χ1n) is 7.29. The van der Waals surface area contributed by atoms with Crippen LogP contribution < -0.4 is 11.4 Å². The number of hydrogen-bond donors (Lipinski definition) is 0. The zero-order valence-electron chi connectivity index (χ0n) is 13.0. The number of hydrogen-bond acceptors (Lipinski definition) is 1. The SMILES string of the molecule is Cc1cc[c]([Bi]([Cl])[c]2cccc3cccc(N(C)C)c23)cc1. The fraction of sp³-hybridized carbons (Fsp3) is 0.158. The molecule has 22 heavy (non-hydrogen) atoms. The minimum atomic E-state index is -2.44. The number of fused-ring (bicyclic) bond motifs is 1. The number of anilines is 1. The fourth-order valence-electron chi connectivity index (χ4n) is 2.65. The molecule has 0 aromatic heterocycles. The van der Waals surface area contributed by atoms with Gasteiger partial charge in [-0.3, -0.25) is 0 Å². The summed E-state index contributed by atoms with van der Waals surface area (Å²) in [6, 6.07) is 21.7. The van der Waals surface area contributed by atoms with Gasteiger partial charge < -0.3 is 0 Å². The third-order valence-electron chi connectivity index (χ3n) is 3.81. The number of benzene rings is 3. The summed E-state index contributed by atoms with van der Waals surface area (Å²) in [5, 5.41) is 2.60. The summed E-state index contributed by atoms with van der Waals surface area (Å²) >= 11 is -2.44. The van der Waals surface area contributed by atoms with Gasteiger partial charge in [-0.05, 0) is 0 Å². The Morgan fingerprint density at radius 1 is 0.864 bits per heavy atom. The molecule has 3 aromatic rings. The molecule has 0 radical (unpaired) electrons. The van der Waals surface area contributed by atoms with Crippen molar-refractivity contribution in [2.24, 2.45) is 0 Å². The van der Waals surface area contributed by atoms with Crippen molar-refractivity contribution in [3.05, 3.63) is 66.2 Å². The van der Waals surface area contributed by atoms with E-state index in [0.29, 0.717) is 0 Å². The molecule has 0 saturated heterocycles. The van der Waals surface area contributed by atoms with Crippen molar-refractivity contribution in [2.45, 2.75) is 6.92 Å². The van der Waals surface area contributed by atoms with Crippen LogP contribution in [-0.4, -0.2) is 34.7 Å². The Labute approximate surface area is 143 Å². The second kappa shape index (κ2) is 6.56. The first-order valence-corrected chi connectivity index (χ1v) is 15.1. The van der Waals surface area contributed by atoms with Crippen LogP contribution in [0.2, 0.25) is 0 Å². The molecule has 0 aliphatic carbocycles. The Bertz CT molecular complexity index is 791. The van der Waals surface area contributed by atoms with Crippen LogP contribution in [0.1, 0.15) is 5.56 Å². The van der Waals surface area contributed by atoms with Gasteiger partial charge in [-0.25, -0.2) is 0 Å². The van der Waals surface area contributed by atoms with E-state index in [-0.39, 0.29) is 0 Å². The number of aryl methyl sites for hydroxylation is 1. The van der Waals surface area contributed by atoms with Gasteiger partial charge in [-0.2, -0.15) is 0 Å². The summed E-state index contributed by atoms with van der Waals surface area (Å²) < 4.78 is 2.70. The molecule has 112 valence electrons. The van der Waals surface area contributed by atoms with E-state index in [2.05, 4.69) is 86.6 Å². The van der Waals surface area contributed by atoms with E-state index in [1.54, 1.807) is 0 Å². The van der Waals surface area contributed by atoms with Crippen molar-refractivity contribution in [3.63, 3.8) is 0 Å². The molecule has 3 heteroatoms. The maximum atomic E-state index is 7.02. The van der Waals surface area contributed by atoms with Crippen molar-refractivity contribution in [1.29, 1.82) is 0 Å². The Morgan fingerprint density at radius 2 is 1.50 bits per heavy atom. The van der Waals surface area contributed by atoms with Crippen LogP contribution in [0.25, 0.3) is 10.8 Å². The average Bonchev–Trinajstić information content (AvgIpc) is 2.53. The molecule has 0 fully saturated rings. The molecule has 0 aliphatic rings. The van der Waals surface area contributed by atoms with Crippen LogP contribution in [0.3, 0.4) is 0 Å². The second-order valence-electron chi connectivity index (χ2n) is 5.66. The predicted molar refractivity (Wildman–Crippen MR) is 100 cm³/mol. The van der Waals surface area contributed by atoms with E-state index < -0.39 is 20.6 Å². The van der Waals surface area contributed by atoms with Crippen LogP contribution in [0.5, 0.6) is 0 Å². The molecule has 0 bridgehead atoms. The van der Waals surface area contributed by atoms with Crippen molar-refractivity contribution >= 4 is 52.1 Å². The van der Waals surface area contributed by atoms with Gasteiger partial charge in [0.05, 0.1) is 0 Å². The molecule has 0 atom stereocenters. The topological polar surface area (TPSA) is 3.24 Å². The third-order valence-corrected chi connectivity index (χ3v) is 13.1. The zero-order chi connectivity index (χ0) is 15.7. The van der Waals surface area contributed by atoms with Gasteiger partial charge in [-0.15, -0.1) is 0 Å². The first-order chi connectivity index (χ1) is 10.6. The normalized spacial score (nSPS) is 11.1.